The van der Waals surface area contributed by atoms with Crippen molar-refractivity contribution in [1.82, 2.24) is 10.2 Å². The van der Waals surface area contributed by atoms with E-state index >= 15 is 0 Å². The Hall–Kier alpha value is -2.88. The Morgan fingerprint density at radius 1 is 1.30 bits per heavy atom. The van der Waals surface area contributed by atoms with Gasteiger partial charge in [-0.3, -0.25) is 14.7 Å². The van der Waals surface area contributed by atoms with Gasteiger partial charge in [-0.25, -0.2) is 8.42 Å². The summed E-state index contributed by atoms with van der Waals surface area (Å²) in [4.78, 5) is 24.4. The summed E-state index contributed by atoms with van der Waals surface area (Å²) in [5.74, 6) is -1.17. The average molecular weight is 394 g/mol. The fourth-order valence-corrected chi connectivity index (χ4v) is 3.03. The molecule has 0 unspecified atom stereocenters. The molecular formula is C17H22N4O5S. The maximum absolute atomic E-state index is 12.8. The summed E-state index contributed by atoms with van der Waals surface area (Å²) in [6.45, 7) is 4.07. The van der Waals surface area contributed by atoms with Crippen molar-refractivity contribution in [3.63, 3.8) is 0 Å². The van der Waals surface area contributed by atoms with Crippen LogP contribution in [0.25, 0.3) is 0 Å². The first-order valence-electron chi connectivity index (χ1n) is 8.34. The van der Waals surface area contributed by atoms with Gasteiger partial charge in [-0.1, -0.05) is 13.8 Å². The van der Waals surface area contributed by atoms with Crippen LogP contribution in [0.4, 0.5) is 5.69 Å². The quantitative estimate of drug-likeness (QED) is 0.619. The molecule has 0 aliphatic rings. The molecule has 1 aromatic carbocycles. The summed E-state index contributed by atoms with van der Waals surface area (Å²) in [5, 5.41) is 9.06. The molecule has 10 heteroatoms. The van der Waals surface area contributed by atoms with Crippen molar-refractivity contribution in [2.75, 3.05) is 18.2 Å². The third kappa shape index (κ3) is 4.64. The summed E-state index contributed by atoms with van der Waals surface area (Å²) < 4.78 is 29.2. The molecular weight excluding hydrogens is 372 g/mol. The average Bonchev–Trinajstić information content (AvgIpc) is 3.01. The zero-order valence-corrected chi connectivity index (χ0v) is 16.1. The topological polar surface area (TPSA) is 144 Å². The zero-order chi connectivity index (χ0) is 20.2. The van der Waals surface area contributed by atoms with Crippen LogP contribution in [-0.4, -0.2) is 43.3 Å². The van der Waals surface area contributed by atoms with E-state index in [1.54, 1.807) is 6.92 Å². The van der Waals surface area contributed by atoms with Gasteiger partial charge >= 0.3 is 0 Å². The largest absolute Gasteiger partial charge is 0.493 e. The highest BCUT2D eigenvalue weighted by Gasteiger charge is 2.22. The number of benzene rings is 1. The Labute approximate surface area is 157 Å². The third-order valence-corrected chi connectivity index (χ3v) is 4.86. The van der Waals surface area contributed by atoms with Crippen molar-refractivity contribution >= 4 is 27.3 Å². The summed E-state index contributed by atoms with van der Waals surface area (Å²) in [7, 11) is -3.52. The van der Waals surface area contributed by atoms with E-state index in [1.165, 1.54) is 18.2 Å². The van der Waals surface area contributed by atoms with Crippen molar-refractivity contribution in [2.45, 2.75) is 31.6 Å². The molecule has 0 bridgehead atoms. The second kappa shape index (κ2) is 8.21. The monoisotopic (exact) mass is 394 g/mol. The highest BCUT2D eigenvalue weighted by Crippen LogP contribution is 2.26. The van der Waals surface area contributed by atoms with E-state index in [2.05, 4.69) is 15.5 Å². The van der Waals surface area contributed by atoms with E-state index in [-0.39, 0.29) is 27.6 Å². The maximum Gasteiger partial charge on any atom is 0.268 e. The van der Waals surface area contributed by atoms with Crippen molar-refractivity contribution in [2.24, 2.45) is 5.73 Å². The predicted octanol–water partition coefficient (Wildman–Crippen LogP) is 1.52. The maximum atomic E-state index is 12.8. The molecule has 0 saturated carbocycles. The van der Waals surface area contributed by atoms with Crippen LogP contribution in [0.2, 0.25) is 0 Å². The Balaban J connectivity index is 2.48. The molecule has 0 radical (unpaired) electrons. The van der Waals surface area contributed by atoms with Gasteiger partial charge in [-0.15, -0.1) is 0 Å². The third-order valence-electron chi connectivity index (χ3n) is 3.75. The number of carbonyl (C=O) groups excluding carboxylic acids is 2. The minimum absolute atomic E-state index is 0.0190. The van der Waals surface area contributed by atoms with Gasteiger partial charge in [0.2, 0.25) is 0 Å². The molecule has 146 valence electrons. The molecule has 4 N–H and O–H groups in total. The van der Waals surface area contributed by atoms with Crippen LogP contribution in [0.15, 0.2) is 23.1 Å². The number of carbonyl (C=O) groups is 2. The number of aromatic nitrogens is 2. The number of nitrogens with two attached hydrogens (primary N) is 1. The molecule has 1 heterocycles. The summed E-state index contributed by atoms with van der Waals surface area (Å²) in [5.41, 5.74) is 5.93. The number of amides is 2. The van der Waals surface area contributed by atoms with Gasteiger partial charge in [-0.2, -0.15) is 5.10 Å². The lowest BCUT2D eigenvalue weighted by Crippen LogP contribution is -2.19. The molecule has 2 rings (SSSR count). The molecule has 0 fully saturated rings. The fourth-order valence-electron chi connectivity index (χ4n) is 2.38. The second-order valence-corrected chi connectivity index (χ2v) is 7.89. The van der Waals surface area contributed by atoms with Crippen LogP contribution < -0.4 is 15.8 Å². The number of sulfone groups is 1. The van der Waals surface area contributed by atoms with E-state index in [0.29, 0.717) is 25.1 Å². The number of hydrogen-bond acceptors (Lipinski definition) is 6. The van der Waals surface area contributed by atoms with Crippen LogP contribution in [-0.2, 0) is 16.3 Å². The number of anilines is 1. The van der Waals surface area contributed by atoms with E-state index < -0.39 is 21.7 Å². The molecule has 2 amide bonds. The van der Waals surface area contributed by atoms with Crippen LogP contribution in [0.5, 0.6) is 5.75 Å². The standard InChI is InChI=1S/C17H22N4O5S/c1-4-8-26-13-7-6-10(27(3,24)25)9-11(13)17(23)19-14-12(5-2)20-21-15(14)16(18)22/h6-7,9H,4-5,8H2,1-3H3,(H2,18,22)(H,19,23)(H,20,21). The number of rotatable bonds is 8. The molecule has 0 aliphatic carbocycles. The molecule has 1 aromatic heterocycles. The van der Waals surface area contributed by atoms with Crippen molar-refractivity contribution in [3.8, 4) is 5.75 Å². The molecule has 0 aliphatic heterocycles. The number of H-pyrrole nitrogens is 1. The first kappa shape index (κ1) is 20.4. The van der Waals surface area contributed by atoms with E-state index in [4.69, 9.17) is 10.5 Å². The van der Waals surface area contributed by atoms with Gasteiger partial charge in [0.15, 0.2) is 9.84 Å². The normalized spacial score (nSPS) is 11.2. The van der Waals surface area contributed by atoms with Gasteiger partial charge in [0.05, 0.1) is 28.4 Å². The molecule has 9 nitrogen and oxygen atoms in total. The fraction of sp³-hybridized carbons (Fsp3) is 0.353. The van der Waals surface area contributed by atoms with Gasteiger partial charge in [0.1, 0.15) is 11.4 Å². The summed E-state index contributed by atoms with van der Waals surface area (Å²) in [6, 6.07) is 4.05. The number of ether oxygens (including phenoxy) is 1. The molecule has 2 aromatic rings. The van der Waals surface area contributed by atoms with Crippen LogP contribution >= 0.6 is 0 Å². The van der Waals surface area contributed by atoms with Crippen molar-refractivity contribution in [1.29, 1.82) is 0 Å². The van der Waals surface area contributed by atoms with Crippen molar-refractivity contribution < 1.29 is 22.7 Å². The highest BCUT2D eigenvalue weighted by atomic mass is 32.2. The number of aryl methyl sites for hydroxylation is 1. The number of aromatic amines is 1. The molecule has 0 spiro atoms. The summed E-state index contributed by atoms with van der Waals surface area (Å²) >= 11 is 0. The smallest absolute Gasteiger partial charge is 0.268 e. The van der Waals surface area contributed by atoms with Crippen LogP contribution in [0, 0.1) is 0 Å². The van der Waals surface area contributed by atoms with Gasteiger partial charge in [-0.05, 0) is 31.0 Å². The first-order chi connectivity index (χ1) is 12.7. The molecule has 0 atom stereocenters. The van der Waals surface area contributed by atoms with E-state index in [1.807, 2.05) is 6.92 Å². The minimum Gasteiger partial charge on any atom is -0.493 e. The SMILES string of the molecule is CCCOc1ccc(S(C)(=O)=O)cc1C(=O)Nc1c(CC)n[nH]c1C(N)=O. The Morgan fingerprint density at radius 3 is 2.56 bits per heavy atom. The molecule has 0 saturated heterocycles. The van der Waals surface area contributed by atoms with Gasteiger partial charge < -0.3 is 15.8 Å². The number of primary amides is 1. The number of hydrogen-bond donors (Lipinski definition) is 3. The second-order valence-electron chi connectivity index (χ2n) is 5.87. The minimum atomic E-state index is -3.52. The Kier molecular flexibility index (Phi) is 6.21. The van der Waals surface area contributed by atoms with Crippen molar-refractivity contribution in [3.05, 3.63) is 35.2 Å². The van der Waals surface area contributed by atoms with Crippen LogP contribution in [0.3, 0.4) is 0 Å². The molecule has 27 heavy (non-hydrogen) atoms. The highest BCUT2D eigenvalue weighted by molar-refractivity contribution is 7.90. The van der Waals surface area contributed by atoms with Crippen LogP contribution in [0.1, 0.15) is 46.8 Å². The lowest BCUT2D eigenvalue weighted by atomic mass is 10.1. The number of nitrogens with zero attached hydrogens (tertiary/aromatic N) is 1. The van der Waals surface area contributed by atoms with E-state index in [9.17, 15) is 18.0 Å². The van der Waals surface area contributed by atoms with E-state index in [0.717, 1.165) is 6.26 Å². The lowest BCUT2D eigenvalue weighted by Gasteiger charge is -2.13. The predicted molar refractivity (Wildman–Crippen MR) is 99.8 cm³/mol. The lowest BCUT2D eigenvalue weighted by molar-refractivity contribution is 0.0996. The van der Waals surface area contributed by atoms with Gasteiger partial charge in [0, 0.05) is 6.26 Å². The zero-order valence-electron chi connectivity index (χ0n) is 15.3. The Morgan fingerprint density at radius 2 is 2.00 bits per heavy atom. The number of nitrogens with one attached hydrogen (secondary N) is 2. The Bertz CT molecular complexity index is 966. The van der Waals surface area contributed by atoms with Gasteiger partial charge in [0.25, 0.3) is 11.8 Å². The summed E-state index contributed by atoms with van der Waals surface area (Å²) in [6.07, 6.45) is 2.21. The first-order valence-corrected chi connectivity index (χ1v) is 10.2.